The van der Waals surface area contributed by atoms with Crippen molar-refractivity contribution < 1.29 is 0 Å². The molecule has 1 aliphatic rings. The molecule has 0 unspecified atom stereocenters. The molecule has 1 aliphatic heterocycles. The average Bonchev–Trinajstić information content (AvgIpc) is 3.13. The number of para-hydroxylation sites is 1. The first-order chi connectivity index (χ1) is 13.9. The van der Waals surface area contributed by atoms with Crippen molar-refractivity contribution in [3.05, 3.63) is 96.2 Å². The van der Waals surface area contributed by atoms with Crippen LogP contribution in [0.15, 0.2) is 84.9 Å². The van der Waals surface area contributed by atoms with Gasteiger partial charge in [0.1, 0.15) is 0 Å². The summed E-state index contributed by atoms with van der Waals surface area (Å²) >= 11 is 0. The van der Waals surface area contributed by atoms with Gasteiger partial charge < -0.3 is 4.98 Å². The number of H-pyrrole nitrogens is 1. The molecule has 2 nitrogen and oxygen atoms in total. The van der Waals surface area contributed by atoms with Gasteiger partial charge in [0.15, 0.2) is 0 Å². The highest BCUT2D eigenvalue weighted by Crippen LogP contribution is 2.34. The van der Waals surface area contributed by atoms with Crippen LogP contribution < -0.4 is 0 Å². The van der Waals surface area contributed by atoms with Gasteiger partial charge in [0.25, 0.3) is 0 Å². The highest BCUT2D eigenvalue weighted by molar-refractivity contribution is 5.97. The first kappa shape index (κ1) is 17.3. The summed E-state index contributed by atoms with van der Waals surface area (Å²) in [4.78, 5) is 6.32. The number of hydrogen-bond acceptors (Lipinski definition) is 1. The summed E-state index contributed by atoms with van der Waals surface area (Å²) < 4.78 is 0. The van der Waals surface area contributed by atoms with E-state index in [9.17, 15) is 0 Å². The van der Waals surface area contributed by atoms with Crippen LogP contribution in [0.2, 0.25) is 0 Å². The molecule has 4 aromatic rings. The maximum absolute atomic E-state index is 3.71. The number of nitrogens with zero attached hydrogens (tertiary/aromatic N) is 1. The lowest BCUT2D eigenvalue weighted by molar-refractivity contribution is 0.203. The van der Waals surface area contributed by atoms with E-state index in [2.05, 4.69) is 94.8 Å². The second-order valence-corrected chi connectivity index (χ2v) is 7.85. The zero-order valence-electron chi connectivity index (χ0n) is 16.1. The molecule has 2 heteroatoms. The molecule has 0 spiro atoms. The second-order valence-electron chi connectivity index (χ2n) is 7.85. The number of fused-ring (bicyclic) bond motifs is 1. The normalized spacial score (nSPS) is 15.9. The summed E-state index contributed by atoms with van der Waals surface area (Å²) in [5.74, 6) is 0.703. The molecule has 1 fully saturated rings. The van der Waals surface area contributed by atoms with Crippen LogP contribution in [0.5, 0.6) is 0 Å². The average molecular weight is 367 g/mol. The molecule has 140 valence electrons. The first-order valence-corrected chi connectivity index (χ1v) is 10.3. The number of likely N-dealkylation sites (tertiary alicyclic amines) is 1. The van der Waals surface area contributed by atoms with E-state index >= 15 is 0 Å². The van der Waals surface area contributed by atoms with Crippen LogP contribution in [0, 0.1) is 0 Å². The molecular weight excluding hydrogens is 340 g/mol. The van der Waals surface area contributed by atoms with Crippen LogP contribution in [-0.2, 0) is 6.54 Å². The van der Waals surface area contributed by atoms with Gasteiger partial charge in [-0.25, -0.2) is 0 Å². The van der Waals surface area contributed by atoms with Crippen LogP contribution in [0.3, 0.4) is 0 Å². The maximum atomic E-state index is 3.71. The summed E-state index contributed by atoms with van der Waals surface area (Å²) in [6.07, 6.45) is 2.48. The van der Waals surface area contributed by atoms with Crippen LogP contribution in [-0.4, -0.2) is 23.0 Å². The molecule has 0 aliphatic carbocycles. The molecule has 0 radical (unpaired) electrons. The van der Waals surface area contributed by atoms with E-state index in [1.54, 1.807) is 0 Å². The van der Waals surface area contributed by atoms with Crippen molar-refractivity contribution in [2.75, 3.05) is 13.1 Å². The predicted molar refractivity (Wildman–Crippen MR) is 117 cm³/mol. The van der Waals surface area contributed by atoms with E-state index in [0.29, 0.717) is 5.92 Å². The van der Waals surface area contributed by atoms with Crippen molar-refractivity contribution in [1.29, 1.82) is 0 Å². The Kier molecular flexibility index (Phi) is 4.72. The number of rotatable bonds is 4. The van der Waals surface area contributed by atoms with Gasteiger partial charge in [0.05, 0.1) is 0 Å². The summed E-state index contributed by atoms with van der Waals surface area (Å²) in [6.45, 7) is 3.30. The SMILES string of the molecule is c1ccc(-c2c(CN3CCC(c4ccccc4)CC3)[nH]c3ccccc23)cc1. The summed E-state index contributed by atoms with van der Waals surface area (Å²) in [5, 5.41) is 1.32. The number of piperidine rings is 1. The molecular formula is C26H26N2. The smallest absolute Gasteiger partial charge is 0.0462 e. The van der Waals surface area contributed by atoms with Gasteiger partial charge >= 0.3 is 0 Å². The Morgan fingerprint density at radius 1 is 0.750 bits per heavy atom. The van der Waals surface area contributed by atoms with Gasteiger partial charge in [-0.15, -0.1) is 0 Å². The third kappa shape index (κ3) is 3.36. The molecule has 0 saturated carbocycles. The summed E-state index contributed by atoms with van der Waals surface area (Å²) in [5.41, 5.74) is 6.73. The molecule has 1 aromatic heterocycles. The minimum Gasteiger partial charge on any atom is -0.357 e. The molecule has 0 amide bonds. The van der Waals surface area contributed by atoms with Crippen molar-refractivity contribution in [3.8, 4) is 11.1 Å². The summed E-state index contributed by atoms with van der Waals surface area (Å²) in [7, 11) is 0. The van der Waals surface area contributed by atoms with Crippen LogP contribution in [0.25, 0.3) is 22.0 Å². The molecule has 1 N–H and O–H groups in total. The standard InChI is InChI=1S/C26H26N2/c1-3-9-20(10-4-1)21-15-17-28(18-16-21)19-25-26(22-11-5-2-6-12-22)23-13-7-8-14-24(23)27-25/h1-14,21,27H,15-19H2. The number of nitrogens with one attached hydrogen (secondary N) is 1. The quantitative estimate of drug-likeness (QED) is 0.454. The fourth-order valence-electron chi connectivity index (χ4n) is 4.62. The maximum Gasteiger partial charge on any atom is 0.0462 e. The number of aromatic amines is 1. The predicted octanol–water partition coefficient (Wildman–Crippen LogP) is 6.21. The van der Waals surface area contributed by atoms with Crippen molar-refractivity contribution in [2.24, 2.45) is 0 Å². The summed E-state index contributed by atoms with van der Waals surface area (Å²) in [6, 6.07) is 30.5. The van der Waals surface area contributed by atoms with Gasteiger partial charge in [-0.3, -0.25) is 4.90 Å². The fraction of sp³-hybridized carbons (Fsp3) is 0.231. The van der Waals surface area contributed by atoms with E-state index in [0.717, 1.165) is 19.6 Å². The number of aromatic nitrogens is 1. The van der Waals surface area contributed by atoms with E-state index in [1.165, 1.54) is 46.1 Å². The van der Waals surface area contributed by atoms with E-state index < -0.39 is 0 Å². The Bertz CT molecular complexity index is 1040. The monoisotopic (exact) mass is 366 g/mol. The Balaban J connectivity index is 1.39. The fourth-order valence-corrected chi connectivity index (χ4v) is 4.62. The van der Waals surface area contributed by atoms with Gasteiger partial charge in [-0.2, -0.15) is 0 Å². The van der Waals surface area contributed by atoms with Crippen molar-refractivity contribution in [3.63, 3.8) is 0 Å². The van der Waals surface area contributed by atoms with Crippen molar-refractivity contribution in [1.82, 2.24) is 9.88 Å². The molecule has 1 saturated heterocycles. The number of benzene rings is 3. The second kappa shape index (κ2) is 7.65. The molecule has 3 aromatic carbocycles. The highest BCUT2D eigenvalue weighted by Gasteiger charge is 2.22. The minimum absolute atomic E-state index is 0.703. The van der Waals surface area contributed by atoms with Gasteiger partial charge in [0, 0.05) is 28.7 Å². The Morgan fingerprint density at radius 3 is 2.14 bits per heavy atom. The Morgan fingerprint density at radius 2 is 1.39 bits per heavy atom. The zero-order chi connectivity index (χ0) is 18.8. The largest absolute Gasteiger partial charge is 0.357 e. The lowest BCUT2D eigenvalue weighted by atomic mass is 9.89. The molecule has 5 rings (SSSR count). The van der Waals surface area contributed by atoms with Gasteiger partial charge in [-0.1, -0.05) is 78.9 Å². The highest BCUT2D eigenvalue weighted by atomic mass is 15.1. The number of hydrogen-bond donors (Lipinski definition) is 1. The molecule has 2 heterocycles. The van der Waals surface area contributed by atoms with Crippen LogP contribution in [0.4, 0.5) is 0 Å². The van der Waals surface area contributed by atoms with E-state index in [1.807, 2.05) is 0 Å². The van der Waals surface area contributed by atoms with Crippen LogP contribution in [0.1, 0.15) is 30.0 Å². The molecule has 0 bridgehead atoms. The van der Waals surface area contributed by atoms with Crippen molar-refractivity contribution >= 4 is 10.9 Å². The van der Waals surface area contributed by atoms with E-state index in [4.69, 9.17) is 0 Å². The van der Waals surface area contributed by atoms with Gasteiger partial charge in [-0.05, 0) is 49.0 Å². The third-order valence-electron chi connectivity index (χ3n) is 6.09. The Hall–Kier alpha value is -2.84. The van der Waals surface area contributed by atoms with Crippen molar-refractivity contribution in [2.45, 2.75) is 25.3 Å². The first-order valence-electron chi connectivity index (χ1n) is 10.3. The molecule has 28 heavy (non-hydrogen) atoms. The van der Waals surface area contributed by atoms with E-state index in [-0.39, 0.29) is 0 Å². The van der Waals surface area contributed by atoms with Gasteiger partial charge in [0.2, 0.25) is 0 Å². The molecule has 0 atom stereocenters. The minimum atomic E-state index is 0.703. The third-order valence-corrected chi connectivity index (χ3v) is 6.09. The lowest BCUT2D eigenvalue weighted by Gasteiger charge is -2.32. The topological polar surface area (TPSA) is 19.0 Å². The Labute approximate surface area is 166 Å². The zero-order valence-corrected chi connectivity index (χ0v) is 16.1. The lowest BCUT2D eigenvalue weighted by Crippen LogP contribution is -2.32. The van der Waals surface area contributed by atoms with Crippen LogP contribution >= 0.6 is 0 Å².